The van der Waals surface area contributed by atoms with Crippen molar-refractivity contribution in [1.82, 2.24) is 10.6 Å². The van der Waals surface area contributed by atoms with Gasteiger partial charge in [0.1, 0.15) is 0 Å². The topological polar surface area (TPSA) is 67.4 Å². The highest BCUT2D eigenvalue weighted by Gasteiger charge is 2.26. The van der Waals surface area contributed by atoms with Gasteiger partial charge in [0.25, 0.3) is 0 Å². The highest BCUT2D eigenvalue weighted by molar-refractivity contribution is 5.85. The molecular formula is C18H26N2O3. The van der Waals surface area contributed by atoms with Gasteiger partial charge in [0.15, 0.2) is 6.04 Å². The number of carbonyl (C=O) groups excluding carboxylic acids is 2. The molecule has 1 heterocycles. The molecule has 23 heavy (non-hydrogen) atoms. The molecule has 1 aromatic rings. The summed E-state index contributed by atoms with van der Waals surface area (Å²) in [4.78, 5) is 24.4. The third-order valence-corrected chi connectivity index (χ3v) is 4.57. The molecule has 2 N–H and O–H groups in total. The van der Waals surface area contributed by atoms with Crippen LogP contribution in [0.1, 0.15) is 37.8 Å². The number of nitrogens with one attached hydrogen (secondary N) is 2. The maximum atomic E-state index is 12.4. The fourth-order valence-corrected chi connectivity index (χ4v) is 3.13. The van der Waals surface area contributed by atoms with Crippen molar-refractivity contribution < 1.29 is 14.3 Å². The van der Waals surface area contributed by atoms with E-state index in [0.29, 0.717) is 18.3 Å². The van der Waals surface area contributed by atoms with Gasteiger partial charge in [-0.25, -0.2) is 4.79 Å². The highest BCUT2D eigenvalue weighted by Crippen LogP contribution is 2.24. The molecule has 0 radical (unpaired) electrons. The van der Waals surface area contributed by atoms with Crippen LogP contribution in [0.25, 0.3) is 0 Å². The van der Waals surface area contributed by atoms with Crippen molar-refractivity contribution in [3.8, 4) is 0 Å². The Labute approximate surface area is 137 Å². The third-order valence-electron chi connectivity index (χ3n) is 4.57. The van der Waals surface area contributed by atoms with E-state index in [1.54, 1.807) is 0 Å². The molecule has 2 atom stereocenters. The minimum atomic E-state index is -0.742. The van der Waals surface area contributed by atoms with E-state index in [1.807, 2.05) is 30.3 Å². The molecule has 1 saturated heterocycles. The molecule has 0 aromatic heterocycles. The molecule has 126 valence electrons. The quantitative estimate of drug-likeness (QED) is 0.788. The van der Waals surface area contributed by atoms with Crippen LogP contribution < -0.4 is 10.6 Å². The summed E-state index contributed by atoms with van der Waals surface area (Å²) in [6.45, 7) is 4.15. The lowest BCUT2D eigenvalue weighted by Gasteiger charge is -2.28. The number of benzene rings is 1. The molecule has 1 aliphatic rings. The number of ether oxygens (including phenoxy) is 1. The summed E-state index contributed by atoms with van der Waals surface area (Å²) in [7, 11) is 1.34. The molecule has 0 saturated carbocycles. The first-order valence-electron chi connectivity index (χ1n) is 8.24. The van der Waals surface area contributed by atoms with E-state index >= 15 is 0 Å². The summed E-state index contributed by atoms with van der Waals surface area (Å²) in [6, 6.07) is 8.45. The highest BCUT2D eigenvalue weighted by atomic mass is 16.5. The molecular weight excluding hydrogens is 292 g/mol. The van der Waals surface area contributed by atoms with E-state index in [0.717, 1.165) is 31.5 Å². The van der Waals surface area contributed by atoms with E-state index in [9.17, 15) is 9.59 Å². The van der Waals surface area contributed by atoms with Crippen LogP contribution in [-0.2, 0) is 14.3 Å². The molecule has 0 aliphatic carbocycles. The van der Waals surface area contributed by atoms with E-state index in [-0.39, 0.29) is 5.91 Å². The van der Waals surface area contributed by atoms with E-state index in [1.165, 1.54) is 7.11 Å². The van der Waals surface area contributed by atoms with Gasteiger partial charge in [-0.2, -0.15) is 0 Å². The van der Waals surface area contributed by atoms with Gasteiger partial charge in [0.2, 0.25) is 5.91 Å². The number of amides is 1. The number of hydrogen-bond acceptors (Lipinski definition) is 4. The molecule has 0 bridgehead atoms. The molecule has 1 amide bonds. The fourth-order valence-electron chi connectivity index (χ4n) is 3.13. The largest absolute Gasteiger partial charge is 0.467 e. The summed E-state index contributed by atoms with van der Waals surface area (Å²) >= 11 is 0. The first kappa shape index (κ1) is 17.5. The summed E-state index contributed by atoms with van der Waals surface area (Å²) in [6.07, 6.45) is 2.64. The smallest absolute Gasteiger partial charge is 0.333 e. The van der Waals surface area contributed by atoms with Crippen molar-refractivity contribution in [3.63, 3.8) is 0 Å². The number of esters is 1. The monoisotopic (exact) mass is 318 g/mol. The van der Waals surface area contributed by atoms with Crippen LogP contribution in [0.5, 0.6) is 0 Å². The Morgan fingerprint density at radius 1 is 1.26 bits per heavy atom. The summed E-state index contributed by atoms with van der Waals surface area (Å²) in [5.41, 5.74) is 0.738. The third kappa shape index (κ3) is 5.06. The first-order chi connectivity index (χ1) is 11.1. The van der Waals surface area contributed by atoms with E-state index < -0.39 is 12.0 Å². The van der Waals surface area contributed by atoms with Crippen molar-refractivity contribution in [1.29, 1.82) is 0 Å². The maximum absolute atomic E-state index is 12.4. The second-order valence-electron chi connectivity index (χ2n) is 6.20. The Kier molecular flexibility index (Phi) is 6.59. The van der Waals surface area contributed by atoms with Crippen LogP contribution in [0.2, 0.25) is 0 Å². The number of methoxy groups -OCH3 is 1. The first-order valence-corrected chi connectivity index (χ1v) is 8.24. The van der Waals surface area contributed by atoms with Gasteiger partial charge >= 0.3 is 5.97 Å². The van der Waals surface area contributed by atoms with Crippen molar-refractivity contribution in [3.05, 3.63) is 35.9 Å². The van der Waals surface area contributed by atoms with Crippen molar-refractivity contribution in [2.24, 2.45) is 11.8 Å². The standard InChI is InChI=1S/C18H26N2O3/c1-13(14-8-10-19-11-9-14)12-16(21)20-17(18(22)23-2)15-6-4-3-5-7-15/h3-7,13-14,17,19H,8-12H2,1-2H3,(H,20,21). The Bertz CT molecular complexity index is 512. The lowest BCUT2D eigenvalue weighted by atomic mass is 9.84. The minimum absolute atomic E-state index is 0.102. The summed E-state index contributed by atoms with van der Waals surface area (Å²) < 4.78 is 4.83. The zero-order chi connectivity index (χ0) is 16.7. The fraction of sp³-hybridized carbons (Fsp3) is 0.556. The summed E-state index contributed by atoms with van der Waals surface area (Å²) in [5, 5.41) is 6.16. The second kappa shape index (κ2) is 8.67. The van der Waals surface area contributed by atoms with Gasteiger partial charge in [-0.3, -0.25) is 4.79 Å². The van der Waals surface area contributed by atoms with Gasteiger partial charge in [0.05, 0.1) is 7.11 Å². The van der Waals surface area contributed by atoms with Crippen molar-refractivity contribution in [2.45, 2.75) is 32.2 Å². The number of piperidine rings is 1. The number of rotatable bonds is 6. The van der Waals surface area contributed by atoms with Crippen molar-refractivity contribution >= 4 is 11.9 Å². The zero-order valence-corrected chi connectivity index (χ0v) is 13.9. The summed E-state index contributed by atoms with van der Waals surface area (Å²) in [5.74, 6) is 0.329. The van der Waals surface area contributed by atoms with Gasteiger partial charge < -0.3 is 15.4 Å². The SMILES string of the molecule is COC(=O)C(NC(=O)CC(C)C1CCNCC1)c1ccccc1. The second-order valence-corrected chi connectivity index (χ2v) is 6.20. The maximum Gasteiger partial charge on any atom is 0.333 e. The molecule has 5 heteroatoms. The molecule has 5 nitrogen and oxygen atoms in total. The van der Waals surface area contributed by atoms with Gasteiger partial charge in [-0.15, -0.1) is 0 Å². The van der Waals surface area contributed by atoms with Crippen LogP contribution in [0.15, 0.2) is 30.3 Å². The van der Waals surface area contributed by atoms with Crippen LogP contribution >= 0.6 is 0 Å². The normalized spacial score (nSPS) is 18.0. The Morgan fingerprint density at radius 2 is 1.91 bits per heavy atom. The van der Waals surface area contributed by atoms with Crippen LogP contribution in [0.4, 0.5) is 0 Å². The predicted octanol–water partition coefficient (Wildman–Crippen LogP) is 2.04. The Hall–Kier alpha value is -1.88. The average Bonchev–Trinajstić information content (AvgIpc) is 2.60. The van der Waals surface area contributed by atoms with Crippen LogP contribution in [0, 0.1) is 11.8 Å². The van der Waals surface area contributed by atoms with E-state index in [4.69, 9.17) is 4.74 Å². The van der Waals surface area contributed by atoms with Crippen LogP contribution in [0.3, 0.4) is 0 Å². The number of carbonyl (C=O) groups is 2. The Balaban J connectivity index is 1.96. The molecule has 0 spiro atoms. The van der Waals surface area contributed by atoms with Gasteiger partial charge in [-0.05, 0) is 43.3 Å². The Morgan fingerprint density at radius 3 is 2.52 bits per heavy atom. The zero-order valence-electron chi connectivity index (χ0n) is 13.9. The predicted molar refractivity (Wildman–Crippen MR) is 88.7 cm³/mol. The lowest BCUT2D eigenvalue weighted by molar-refractivity contribution is -0.145. The molecule has 2 rings (SSSR count). The average molecular weight is 318 g/mol. The van der Waals surface area contributed by atoms with Gasteiger partial charge in [0, 0.05) is 6.42 Å². The van der Waals surface area contributed by atoms with Gasteiger partial charge in [-0.1, -0.05) is 37.3 Å². The lowest BCUT2D eigenvalue weighted by Crippen LogP contribution is -2.37. The van der Waals surface area contributed by atoms with E-state index in [2.05, 4.69) is 17.6 Å². The molecule has 1 aliphatic heterocycles. The van der Waals surface area contributed by atoms with Crippen molar-refractivity contribution in [2.75, 3.05) is 20.2 Å². The minimum Gasteiger partial charge on any atom is -0.467 e. The molecule has 1 aromatic carbocycles. The molecule has 1 fully saturated rings. The number of hydrogen-bond donors (Lipinski definition) is 2. The van der Waals surface area contributed by atoms with Crippen LogP contribution in [-0.4, -0.2) is 32.1 Å². The molecule has 2 unspecified atom stereocenters.